The summed E-state index contributed by atoms with van der Waals surface area (Å²) in [7, 11) is -3.36. The molecule has 140 valence electrons. The Labute approximate surface area is 162 Å². The van der Waals surface area contributed by atoms with Gasteiger partial charge in [-0.3, -0.25) is 4.72 Å². The molecule has 2 aromatic heterocycles. The summed E-state index contributed by atoms with van der Waals surface area (Å²) in [5.74, 6) is 0.181. The number of pyridine rings is 1. The van der Waals surface area contributed by atoms with Gasteiger partial charge in [-0.05, 0) is 24.3 Å². The van der Waals surface area contributed by atoms with Crippen LogP contribution in [0.2, 0.25) is 0 Å². The van der Waals surface area contributed by atoms with Crippen molar-refractivity contribution in [2.45, 2.75) is 0 Å². The molecular weight excluding hydrogens is 374 g/mol. The van der Waals surface area contributed by atoms with Crippen LogP contribution in [-0.4, -0.2) is 29.6 Å². The number of hydrogen-bond donors (Lipinski definition) is 2. The molecule has 0 aliphatic rings. The minimum absolute atomic E-state index is 0.181. The van der Waals surface area contributed by atoms with Gasteiger partial charge in [0.2, 0.25) is 16.0 Å². The molecule has 3 N–H and O–H groups in total. The van der Waals surface area contributed by atoms with Crippen LogP contribution in [0, 0.1) is 0 Å². The van der Waals surface area contributed by atoms with E-state index >= 15 is 0 Å². The number of anilines is 2. The standard InChI is InChI=1S/C20H17N5O2S/c1-28(26,27)25-15-9-5-8-14(12-15)16-10-11-17-19(22-16)18(24-20(21)23-17)13-6-3-2-4-7-13/h2-12,25H,1H3,(H2,21,23,24). The number of hydrogen-bond acceptors (Lipinski definition) is 6. The van der Waals surface area contributed by atoms with E-state index in [9.17, 15) is 8.42 Å². The summed E-state index contributed by atoms with van der Waals surface area (Å²) in [6.07, 6.45) is 1.11. The van der Waals surface area contributed by atoms with Gasteiger partial charge in [-0.1, -0.05) is 42.5 Å². The average Bonchev–Trinajstić information content (AvgIpc) is 2.66. The quantitative estimate of drug-likeness (QED) is 0.552. The maximum absolute atomic E-state index is 11.5. The Balaban J connectivity index is 1.86. The van der Waals surface area contributed by atoms with Gasteiger partial charge in [-0.25, -0.2) is 23.4 Å². The number of sulfonamides is 1. The fraction of sp³-hybridized carbons (Fsp3) is 0.0500. The molecule has 0 unspecified atom stereocenters. The highest BCUT2D eigenvalue weighted by atomic mass is 32.2. The van der Waals surface area contributed by atoms with Gasteiger partial charge in [-0.15, -0.1) is 0 Å². The molecule has 4 rings (SSSR count). The van der Waals surface area contributed by atoms with Crippen LogP contribution in [0.15, 0.2) is 66.7 Å². The molecule has 0 radical (unpaired) electrons. The Morgan fingerprint density at radius 2 is 1.61 bits per heavy atom. The van der Waals surface area contributed by atoms with E-state index in [4.69, 9.17) is 10.7 Å². The first-order valence-corrected chi connectivity index (χ1v) is 10.4. The van der Waals surface area contributed by atoms with Gasteiger partial charge < -0.3 is 5.73 Å². The minimum Gasteiger partial charge on any atom is -0.368 e. The van der Waals surface area contributed by atoms with Crippen LogP contribution < -0.4 is 10.5 Å². The number of nitrogen functional groups attached to an aromatic ring is 1. The molecule has 0 amide bonds. The lowest BCUT2D eigenvalue weighted by molar-refractivity contribution is 0.607. The second-order valence-corrected chi connectivity index (χ2v) is 8.06. The summed E-state index contributed by atoms with van der Waals surface area (Å²) in [5, 5.41) is 0. The summed E-state index contributed by atoms with van der Waals surface area (Å²) >= 11 is 0. The van der Waals surface area contributed by atoms with Crippen LogP contribution in [0.3, 0.4) is 0 Å². The van der Waals surface area contributed by atoms with Crippen LogP contribution in [0.5, 0.6) is 0 Å². The normalized spacial score (nSPS) is 11.5. The van der Waals surface area contributed by atoms with Crippen molar-refractivity contribution in [2.75, 3.05) is 16.7 Å². The van der Waals surface area contributed by atoms with Gasteiger partial charge >= 0.3 is 0 Å². The zero-order chi connectivity index (χ0) is 19.7. The molecule has 4 aromatic rings. The summed E-state index contributed by atoms with van der Waals surface area (Å²) in [6, 6.07) is 20.3. The Kier molecular flexibility index (Phi) is 4.40. The molecule has 0 saturated heterocycles. The molecule has 0 atom stereocenters. The van der Waals surface area contributed by atoms with E-state index in [1.54, 1.807) is 18.2 Å². The molecule has 2 aromatic carbocycles. The Hall–Kier alpha value is -3.52. The van der Waals surface area contributed by atoms with Crippen molar-refractivity contribution >= 4 is 32.7 Å². The molecule has 0 aliphatic carbocycles. The lowest BCUT2D eigenvalue weighted by Gasteiger charge is -2.10. The van der Waals surface area contributed by atoms with E-state index in [2.05, 4.69) is 14.7 Å². The molecule has 0 spiro atoms. The Morgan fingerprint density at radius 3 is 2.36 bits per heavy atom. The maximum atomic E-state index is 11.5. The van der Waals surface area contributed by atoms with Gasteiger partial charge in [-0.2, -0.15) is 0 Å². The van der Waals surface area contributed by atoms with Gasteiger partial charge in [0.1, 0.15) is 11.2 Å². The zero-order valence-corrected chi connectivity index (χ0v) is 15.8. The van der Waals surface area contributed by atoms with Crippen LogP contribution >= 0.6 is 0 Å². The number of rotatable bonds is 4. The van der Waals surface area contributed by atoms with Crippen LogP contribution in [0.4, 0.5) is 11.6 Å². The van der Waals surface area contributed by atoms with Gasteiger partial charge in [0.05, 0.1) is 17.5 Å². The highest BCUT2D eigenvalue weighted by molar-refractivity contribution is 7.92. The number of nitrogens with zero attached hydrogens (tertiary/aromatic N) is 3. The van der Waals surface area contributed by atoms with E-state index < -0.39 is 10.0 Å². The van der Waals surface area contributed by atoms with Crippen LogP contribution in [0.25, 0.3) is 33.5 Å². The molecule has 8 heteroatoms. The maximum Gasteiger partial charge on any atom is 0.229 e. The molecule has 28 heavy (non-hydrogen) atoms. The first-order chi connectivity index (χ1) is 13.4. The number of aromatic nitrogens is 3. The summed E-state index contributed by atoms with van der Waals surface area (Å²) in [4.78, 5) is 13.4. The van der Waals surface area contributed by atoms with Gasteiger partial charge in [0, 0.05) is 16.8 Å². The van der Waals surface area contributed by atoms with Crippen molar-refractivity contribution in [1.29, 1.82) is 0 Å². The van der Waals surface area contributed by atoms with Crippen molar-refractivity contribution in [1.82, 2.24) is 15.0 Å². The highest BCUT2D eigenvalue weighted by Crippen LogP contribution is 2.29. The van der Waals surface area contributed by atoms with Crippen molar-refractivity contribution in [3.05, 3.63) is 66.7 Å². The number of nitrogens with two attached hydrogens (primary N) is 1. The SMILES string of the molecule is CS(=O)(=O)Nc1cccc(-c2ccc3nc(N)nc(-c4ccccc4)c3n2)c1. The third-order valence-corrected chi connectivity index (χ3v) is 4.67. The second kappa shape index (κ2) is 6.90. The molecule has 0 aliphatic heterocycles. The average molecular weight is 391 g/mol. The van der Waals surface area contributed by atoms with E-state index in [1.807, 2.05) is 48.5 Å². The fourth-order valence-electron chi connectivity index (χ4n) is 2.95. The van der Waals surface area contributed by atoms with E-state index in [0.29, 0.717) is 28.1 Å². The lowest BCUT2D eigenvalue weighted by Crippen LogP contribution is -2.09. The summed E-state index contributed by atoms with van der Waals surface area (Å²) in [6.45, 7) is 0. The monoisotopic (exact) mass is 391 g/mol. The number of fused-ring (bicyclic) bond motifs is 1. The first kappa shape index (κ1) is 17.9. The van der Waals surface area contributed by atoms with E-state index in [1.165, 1.54) is 0 Å². The predicted molar refractivity (Wildman–Crippen MR) is 111 cm³/mol. The van der Waals surface area contributed by atoms with Gasteiger partial charge in [0.25, 0.3) is 0 Å². The Morgan fingerprint density at radius 1 is 0.857 bits per heavy atom. The third-order valence-electron chi connectivity index (χ3n) is 4.07. The third kappa shape index (κ3) is 3.77. The molecule has 0 saturated carbocycles. The molecule has 0 fully saturated rings. The van der Waals surface area contributed by atoms with Crippen LogP contribution in [0.1, 0.15) is 0 Å². The van der Waals surface area contributed by atoms with Crippen molar-refractivity contribution in [3.8, 4) is 22.5 Å². The van der Waals surface area contributed by atoms with Crippen molar-refractivity contribution in [2.24, 2.45) is 0 Å². The van der Waals surface area contributed by atoms with E-state index in [0.717, 1.165) is 17.4 Å². The number of nitrogens with one attached hydrogen (secondary N) is 1. The van der Waals surface area contributed by atoms with Gasteiger partial charge in [0.15, 0.2) is 0 Å². The zero-order valence-electron chi connectivity index (χ0n) is 15.0. The fourth-order valence-corrected chi connectivity index (χ4v) is 3.50. The van der Waals surface area contributed by atoms with Crippen molar-refractivity contribution < 1.29 is 8.42 Å². The van der Waals surface area contributed by atoms with Crippen LogP contribution in [-0.2, 0) is 10.0 Å². The smallest absolute Gasteiger partial charge is 0.229 e. The van der Waals surface area contributed by atoms with E-state index in [-0.39, 0.29) is 5.95 Å². The molecular formula is C20H17N5O2S. The molecule has 7 nitrogen and oxygen atoms in total. The first-order valence-electron chi connectivity index (χ1n) is 8.47. The lowest BCUT2D eigenvalue weighted by atomic mass is 10.1. The summed E-state index contributed by atoms with van der Waals surface area (Å²) < 4.78 is 25.5. The van der Waals surface area contributed by atoms with Crippen molar-refractivity contribution in [3.63, 3.8) is 0 Å². The topological polar surface area (TPSA) is 111 Å². The largest absolute Gasteiger partial charge is 0.368 e. The second-order valence-electron chi connectivity index (χ2n) is 6.32. The Bertz CT molecular complexity index is 1270. The highest BCUT2D eigenvalue weighted by Gasteiger charge is 2.12. The predicted octanol–water partition coefficient (Wildman–Crippen LogP) is 3.31. The summed E-state index contributed by atoms with van der Waals surface area (Å²) in [5.41, 5.74) is 10.6. The minimum atomic E-state index is -3.36. The number of benzene rings is 2. The molecule has 0 bridgehead atoms. The molecule has 2 heterocycles.